The summed E-state index contributed by atoms with van der Waals surface area (Å²) in [5.74, 6) is 1.14. The lowest BCUT2D eigenvalue weighted by molar-refractivity contribution is 0.0604. The van der Waals surface area contributed by atoms with Crippen LogP contribution in [0.15, 0.2) is 40.9 Å². The molecule has 1 aromatic carbocycles. The largest absolute Gasteiger partial charge is 0.451 e. The second kappa shape index (κ2) is 6.33. The number of anilines is 1. The van der Waals surface area contributed by atoms with Crippen LogP contribution in [0.25, 0.3) is 11.0 Å². The first-order valence-electron chi connectivity index (χ1n) is 9.87. The monoisotopic (exact) mass is 376 g/mol. The number of piperidine rings is 1. The minimum atomic E-state index is -0.0665. The van der Waals surface area contributed by atoms with Gasteiger partial charge in [0.15, 0.2) is 5.76 Å². The van der Waals surface area contributed by atoms with Gasteiger partial charge in [-0.05, 0) is 43.4 Å². The number of aryl methyl sites for hydroxylation is 1. The van der Waals surface area contributed by atoms with E-state index in [1.54, 1.807) is 0 Å². The van der Waals surface area contributed by atoms with Crippen LogP contribution in [-0.4, -0.2) is 48.0 Å². The highest BCUT2D eigenvalue weighted by atomic mass is 16.3. The summed E-state index contributed by atoms with van der Waals surface area (Å²) in [5, 5.41) is 0.965. The van der Waals surface area contributed by atoms with E-state index < -0.39 is 0 Å². The van der Waals surface area contributed by atoms with Gasteiger partial charge in [-0.1, -0.05) is 18.2 Å². The van der Waals surface area contributed by atoms with Gasteiger partial charge in [0.1, 0.15) is 5.58 Å². The van der Waals surface area contributed by atoms with E-state index >= 15 is 0 Å². The average Bonchev–Trinajstić information content (AvgIpc) is 3.29. The van der Waals surface area contributed by atoms with Crippen LogP contribution in [0, 0.1) is 0 Å². The summed E-state index contributed by atoms with van der Waals surface area (Å²) in [7, 11) is 3.92. The van der Waals surface area contributed by atoms with Crippen molar-refractivity contribution in [3.63, 3.8) is 0 Å². The third-order valence-corrected chi connectivity index (χ3v) is 6.13. The quantitative estimate of drug-likeness (QED) is 0.686. The molecule has 1 aliphatic carbocycles. The van der Waals surface area contributed by atoms with E-state index in [-0.39, 0.29) is 11.3 Å². The van der Waals surface area contributed by atoms with E-state index in [0.29, 0.717) is 12.3 Å². The number of furan rings is 1. The molecular weight excluding hydrogens is 352 g/mol. The van der Waals surface area contributed by atoms with Gasteiger partial charge in [0.25, 0.3) is 5.91 Å². The van der Waals surface area contributed by atoms with Crippen LogP contribution in [0.2, 0.25) is 0 Å². The smallest absolute Gasteiger partial charge is 0.289 e. The standard InChI is InChI=1S/C22H24N4O2/c1-25(2)21-23-13-16-8-10-22(19(16)24-21)9-5-11-26(14-22)20(27)18-12-15-6-3-4-7-17(15)28-18/h3-4,6-7,12-13H,5,8-11,14H2,1-2H3. The van der Waals surface area contributed by atoms with Crippen molar-refractivity contribution in [3.8, 4) is 0 Å². The van der Waals surface area contributed by atoms with Crippen molar-refractivity contribution in [2.24, 2.45) is 0 Å². The summed E-state index contributed by atoms with van der Waals surface area (Å²) in [6.45, 7) is 1.46. The highest BCUT2D eigenvalue weighted by Crippen LogP contribution is 2.44. The van der Waals surface area contributed by atoms with Crippen LogP contribution in [0.5, 0.6) is 0 Å². The highest BCUT2D eigenvalue weighted by molar-refractivity contribution is 5.96. The van der Waals surface area contributed by atoms with Gasteiger partial charge in [-0.3, -0.25) is 4.79 Å². The molecule has 1 amide bonds. The molecule has 6 nitrogen and oxygen atoms in total. The first kappa shape index (κ1) is 17.2. The predicted molar refractivity (Wildman–Crippen MR) is 108 cm³/mol. The fraction of sp³-hybridized carbons (Fsp3) is 0.409. The Hall–Kier alpha value is -2.89. The molecule has 28 heavy (non-hydrogen) atoms. The molecule has 0 N–H and O–H groups in total. The number of hydrogen-bond acceptors (Lipinski definition) is 5. The molecule has 5 rings (SSSR count). The molecule has 1 fully saturated rings. The number of fused-ring (bicyclic) bond motifs is 3. The first-order chi connectivity index (χ1) is 13.6. The number of carbonyl (C=O) groups is 1. The normalized spacial score (nSPS) is 21.3. The Morgan fingerprint density at radius 2 is 2.11 bits per heavy atom. The lowest BCUT2D eigenvalue weighted by atomic mass is 9.77. The molecule has 1 unspecified atom stereocenters. The van der Waals surface area contributed by atoms with E-state index in [4.69, 9.17) is 9.40 Å². The number of rotatable bonds is 2. The van der Waals surface area contributed by atoms with Crippen molar-refractivity contribution in [1.82, 2.24) is 14.9 Å². The summed E-state index contributed by atoms with van der Waals surface area (Å²) in [6, 6.07) is 9.61. The van der Waals surface area contributed by atoms with Gasteiger partial charge >= 0.3 is 0 Å². The van der Waals surface area contributed by atoms with E-state index in [9.17, 15) is 4.79 Å². The summed E-state index contributed by atoms with van der Waals surface area (Å²) in [4.78, 5) is 26.4. The van der Waals surface area contributed by atoms with E-state index in [0.717, 1.165) is 54.8 Å². The fourth-order valence-electron chi connectivity index (χ4n) is 4.69. The second-order valence-electron chi connectivity index (χ2n) is 8.20. The average molecular weight is 376 g/mol. The lowest BCUT2D eigenvalue weighted by Gasteiger charge is -2.40. The maximum absolute atomic E-state index is 13.2. The molecule has 0 bridgehead atoms. The lowest BCUT2D eigenvalue weighted by Crippen LogP contribution is -2.48. The molecule has 1 spiro atoms. The summed E-state index contributed by atoms with van der Waals surface area (Å²) < 4.78 is 5.83. The molecule has 6 heteroatoms. The van der Waals surface area contributed by atoms with Crippen molar-refractivity contribution in [2.75, 3.05) is 32.1 Å². The Morgan fingerprint density at radius 3 is 2.93 bits per heavy atom. The van der Waals surface area contributed by atoms with Crippen LogP contribution < -0.4 is 4.90 Å². The molecule has 0 saturated carbocycles. The maximum Gasteiger partial charge on any atom is 0.289 e. The zero-order valence-electron chi connectivity index (χ0n) is 16.3. The zero-order chi connectivity index (χ0) is 19.3. The summed E-state index contributed by atoms with van der Waals surface area (Å²) >= 11 is 0. The van der Waals surface area contributed by atoms with Crippen molar-refractivity contribution in [2.45, 2.75) is 31.1 Å². The summed E-state index contributed by atoms with van der Waals surface area (Å²) in [6.07, 6.45) is 6.01. The number of carbonyl (C=O) groups excluding carboxylic acids is 1. The SMILES string of the molecule is CN(C)c1ncc2c(n1)C1(CCCN(C(=O)c3cc4ccccc4o3)C1)CC2. The number of nitrogens with zero attached hydrogens (tertiary/aromatic N) is 4. The maximum atomic E-state index is 13.2. The van der Waals surface area contributed by atoms with Gasteiger partial charge in [0.05, 0.1) is 5.69 Å². The molecule has 2 aromatic heterocycles. The molecule has 2 aliphatic rings. The fourth-order valence-corrected chi connectivity index (χ4v) is 4.69. The molecule has 0 radical (unpaired) electrons. The molecule has 1 atom stereocenters. The predicted octanol–water partition coefficient (Wildman–Crippen LogP) is 3.41. The van der Waals surface area contributed by atoms with Crippen LogP contribution >= 0.6 is 0 Å². The minimum Gasteiger partial charge on any atom is -0.451 e. The Balaban J connectivity index is 1.46. The van der Waals surface area contributed by atoms with Gasteiger partial charge in [-0.25, -0.2) is 9.97 Å². The number of benzene rings is 1. The minimum absolute atomic E-state index is 0.0226. The highest BCUT2D eigenvalue weighted by Gasteiger charge is 2.45. The molecule has 1 aliphatic heterocycles. The third kappa shape index (κ3) is 2.66. The Kier molecular flexibility index (Phi) is 3.89. The third-order valence-electron chi connectivity index (χ3n) is 6.13. The van der Waals surface area contributed by atoms with Gasteiger partial charge in [0.2, 0.25) is 5.95 Å². The Labute approximate surface area is 164 Å². The second-order valence-corrected chi connectivity index (χ2v) is 8.20. The number of hydrogen-bond donors (Lipinski definition) is 0. The van der Waals surface area contributed by atoms with Crippen LogP contribution in [0.3, 0.4) is 0 Å². The first-order valence-corrected chi connectivity index (χ1v) is 9.87. The number of aromatic nitrogens is 2. The molecule has 3 aromatic rings. The zero-order valence-corrected chi connectivity index (χ0v) is 16.3. The van der Waals surface area contributed by atoms with Crippen molar-refractivity contribution < 1.29 is 9.21 Å². The Morgan fingerprint density at radius 1 is 1.25 bits per heavy atom. The van der Waals surface area contributed by atoms with Crippen molar-refractivity contribution >= 4 is 22.8 Å². The van der Waals surface area contributed by atoms with Crippen molar-refractivity contribution in [1.29, 1.82) is 0 Å². The topological polar surface area (TPSA) is 62.5 Å². The molecule has 3 heterocycles. The number of para-hydroxylation sites is 1. The Bertz CT molecular complexity index is 1020. The van der Waals surface area contributed by atoms with Crippen LogP contribution in [-0.2, 0) is 11.8 Å². The van der Waals surface area contributed by atoms with Gasteiger partial charge in [-0.2, -0.15) is 0 Å². The van der Waals surface area contributed by atoms with Gasteiger partial charge < -0.3 is 14.2 Å². The number of likely N-dealkylation sites (tertiary alicyclic amines) is 1. The molecular formula is C22H24N4O2. The summed E-state index contributed by atoms with van der Waals surface area (Å²) in [5.41, 5.74) is 3.05. The number of amides is 1. The van der Waals surface area contributed by atoms with Crippen LogP contribution in [0.4, 0.5) is 5.95 Å². The molecule has 144 valence electrons. The van der Waals surface area contributed by atoms with Gasteiger partial charge in [-0.15, -0.1) is 0 Å². The van der Waals surface area contributed by atoms with E-state index in [2.05, 4.69) is 4.98 Å². The molecule has 1 saturated heterocycles. The van der Waals surface area contributed by atoms with Gasteiger partial charge in [0, 0.05) is 44.2 Å². The van der Waals surface area contributed by atoms with E-state index in [1.807, 2.05) is 60.4 Å². The van der Waals surface area contributed by atoms with Crippen LogP contribution in [0.1, 0.15) is 41.1 Å². The van der Waals surface area contributed by atoms with E-state index in [1.165, 1.54) is 5.56 Å². The van der Waals surface area contributed by atoms with Crippen molar-refractivity contribution in [3.05, 3.63) is 53.5 Å².